The summed E-state index contributed by atoms with van der Waals surface area (Å²) in [5.74, 6) is 0.949. The van der Waals surface area contributed by atoms with E-state index in [1.165, 1.54) is 18.4 Å². The Kier molecular flexibility index (Phi) is 4.25. The van der Waals surface area contributed by atoms with Crippen LogP contribution in [-0.4, -0.2) is 15.8 Å². The van der Waals surface area contributed by atoms with Crippen LogP contribution in [0.4, 0.5) is 0 Å². The largest absolute Gasteiger partial charge is 0.487 e. The Morgan fingerprint density at radius 3 is 2.81 bits per heavy atom. The molecule has 21 heavy (non-hydrogen) atoms. The van der Waals surface area contributed by atoms with Crippen molar-refractivity contribution in [1.82, 2.24) is 15.1 Å². The maximum Gasteiger partial charge on any atom is 0.132 e. The van der Waals surface area contributed by atoms with E-state index in [4.69, 9.17) is 4.74 Å². The van der Waals surface area contributed by atoms with E-state index in [0.717, 1.165) is 18.0 Å². The van der Waals surface area contributed by atoms with Gasteiger partial charge in [-0.05, 0) is 38.8 Å². The Labute approximate surface area is 126 Å². The lowest BCUT2D eigenvalue weighted by molar-refractivity contribution is 0.295. The van der Waals surface area contributed by atoms with Gasteiger partial charge in [0.2, 0.25) is 0 Å². The van der Waals surface area contributed by atoms with E-state index < -0.39 is 0 Å². The van der Waals surface area contributed by atoms with Crippen molar-refractivity contribution in [3.8, 4) is 5.75 Å². The molecule has 1 heterocycles. The molecule has 4 heteroatoms. The predicted octanol–water partition coefficient (Wildman–Crippen LogP) is 3.30. The highest BCUT2D eigenvalue weighted by atomic mass is 16.5. The lowest BCUT2D eigenvalue weighted by Gasteiger charge is -2.11. The van der Waals surface area contributed by atoms with Crippen LogP contribution in [0.1, 0.15) is 44.0 Å². The second-order valence-corrected chi connectivity index (χ2v) is 5.93. The maximum atomic E-state index is 5.95. The highest BCUT2D eigenvalue weighted by molar-refractivity contribution is 5.33. The van der Waals surface area contributed by atoms with Crippen LogP contribution in [0.15, 0.2) is 36.5 Å². The summed E-state index contributed by atoms with van der Waals surface area (Å²) in [6.07, 6.45) is 4.61. The van der Waals surface area contributed by atoms with E-state index >= 15 is 0 Å². The summed E-state index contributed by atoms with van der Waals surface area (Å²) in [7, 11) is 0. The first-order chi connectivity index (χ1) is 10.2. The minimum Gasteiger partial charge on any atom is -0.487 e. The zero-order valence-corrected chi connectivity index (χ0v) is 12.7. The molecular weight excluding hydrogens is 262 g/mol. The van der Waals surface area contributed by atoms with Gasteiger partial charge in [0.25, 0.3) is 0 Å². The van der Waals surface area contributed by atoms with Gasteiger partial charge in [0.05, 0.1) is 5.69 Å². The summed E-state index contributed by atoms with van der Waals surface area (Å²) < 4.78 is 7.91. The summed E-state index contributed by atoms with van der Waals surface area (Å²) in [5, 5.41) is 8.05. The van der Waals surface area contributed by atoms with E-state index in [1.54, 1.807) is 0 Å². The molecule has 0 radical (unpaired) electrons. The lowest BCUT2D eigenvalue weighted by Crippen LogP contribution is -2.16. The number of nitrogens with zero attached hydrogens (tertiary/aromatic N) is 2. The molecule has 112 valence electrons. The van der Waals surface area contributed by atoms with Gasteiger partial charge in [-0.2, -0.15) is 5.10 Å². The number of hydrogen-bond donors (Lipinski definition) is 1. The first-order valence-corrected chi connectivity index (χ1v) is 7.70. The topological polar surface area (TPSA) is 39.1 Å². The maximum absolute atomic E-state index is 5.95. The summed E-state index contributed by atoms with van der Waals surface area (Å²) in [4.78, 5) is 0. The van der Waals surface area contributed by atoms with Crippen LogP contribution in [0.2, 0.25) is 0 Å². The smallest absolute Gasteiger partial charge is 0.132 e. The Hall–Kier alpha value is -1.81. The van der Waals surface area contributed by atoms with Crippen molar-refractivity contribution in [1.29, 1.82) is 0 Å². The van der Waals surface area contributed by atoms with Crippen molar-refractivity contribution >= 4 is 0 Å². The summed E-state index contributed by atoms with van der Waals surface area (Å²) in [6.45, 7) is 5.63. The molecule has 4 nitrogen and oxygen atoms in total. The Balaban J connectivity index is 1.60. The molecule has 0 saturated heterocycles. The van der Waals surface area contributed by atoms with Gasteiger partial charge in [-0.25, -0.2) is 0 Å². The van der Waals surface area contributed by atoms with Gasteiger partial charge >= 0.3 is 0 Å². The third-order valence-corrected chi connectivity index (χ3v) is 3.70. The van der Waals surface area contributed by atoms with Gasteiger partial charge in [-0.1, -0.05) is 18.2 Å². The Morgan fingerprint density at radius 1 is 1.29 bits per heavy atom. The monoisotopic (exact) mass is 285 g/mol. The van der Waals surface area contributed by atoms with Gasteiger partial charge in [0.15, 0.2) is 0 Å². The van der Waals surface area contributed by atoms with E-state index in [9.17, 15) is 0 Å². The standard InChI is InChI=1S/C17H23N3O/c1-13(2)20-10-9-16(19-20)12-21-17-6-4-3-5-14(17)11-18-15-7-8-15/h3-6,9-10,13,15,18H,7-8,11-12H2,1-2H3. The average molecular weight is 285 g/mol. The molecule has 0 aliphatic heterocycles. The number of rotatable bonds is 7. The number of aromatic nitrogens is 2. The molecule has 1 saturated carbocycles. The van der Waals surface area contributed by atoms with Crippen LogP contribution in [0, 0.1) is 0 Å². The van der Waals surface area contributed by atoms with Gasteiger partial charge in [-0.3, -0.25) is 4.68 Å². The molecule has 1 aliphatic carbocycles. The summed E-state index contributed by atoms with van der Waals surface area (Å²) in [6, 6.07) is 11.3. The first-order valence-electron chi connectivity index (χ1n) is 7.70. The molecule has 1 N–H and O–H groups in total. The zero-order chi connectivity index (χ0) is 14.7. The molecule has 1 aliphatic rings. The van der Waals surface area contributed by atoms with Gasteiger partial charge < -0.3 is 10.1 Å². The minimum absolute atomic E-state index is 0.383. The summed E-state index contributed by atoms with van der Waals surface area (Å²) in [5.41, 5.74) is 2.18. The molecule has 0 spiro atoms. The number of nitrogens with one attached hydrogen (secondary N) is 1. The molecule has 1 aromatic carbocycles. The van der Waals surface area contributed by atoms with Crippen LogP contribution in [-0.2, 0) is 13.2 Å². The molecule has 1 aromatic heterocycles. The third kappa shape index (κ3) is 3.85. The van der Waals surface area contributed by atoms with Crippen molar-refractivity contribution in [3.05, 3.63) is 47.8 Å². The second kappa shape index (κ2) is 6.31. The van der Waals surface area contributed by atoms with Gasteiger partial charge in [0.1, 0.15) is 12.4 Å². The highest BCUT2D eigenvalue weighted by Gasteiger charge is 2.20. The van der Waals surface area contributed by atoms with Crippen LogP contribution in [0.5, 0.6) is 5.75 Å². The minimum atomic E-state index is 0.383. The van der Waals surface area contributed by atoms with E-state index in [0.29, 0.717) is 18.7 Å². The van der Waals surface area contributed by atoms with Crippen molar-refractivity contribution < 1.29 is 4.74 Å². The Morgan fingerprint density at radius 2 is 2.10 bits per heavy atom. The van der Waals surface area contributed by atoms with Crippen LogP contribution < -0.4 is 10.1 Å². The molecule has 2 aromatic rings. The van der Waals surface area contributed by atoms with Crippen LogP contribution in [0.3, 0.4) is 0 Å². The van der Waals surface area contributed by atoms with E-state index in [1.807, 2.05) is 29.1 Å². The molecule has 0 bridgehead atoms. The number of benzene rings is 1. The van der Waals surface area contributed by atoms with Crippen molar-refractivity contribution in [2.24, 2.45) is 0 Å². The zero-order valence-electron chi connectivity index (χ0n) is 12.7. The lowest BCUT2D eigenvalue weighted by atomic mass is 10.2. The average Bonchev–Trinajstić information content (AvgIpc) is 3.19. The molecule has 0 atom stereocenters. The molecule has 0 amide bonds. The summed E-state index contributed by atoms with van der Waals surface area (Å²) >= 11 is 0. The van der Waals surface area contributed by atoms with Crippen molar-refractivity contribution in [2.45, 2.75) is 51.9 Å². The van der Waals surface area contributed by atoms with E-state index in [-0.39, 0.29) is 0 Å². The van der Waals surface area contributed by atoms with Gasteiger partial charge in [-0.15, -0.1) is 0 Å². The molecular formula is C17H23N3O. The van der Waals surface area contributed by atoms with Gasteiger partial charge in [0, 0.05) is 30.4 Å². The fourth-order valence-corrected chi connectivity index (χ4v) is 2.23. The second-order valence-electron chi connectivity index (χ2n) is 5.93. The van der Waals surface area contributed by atoms with Crippen LogP contribution >= 0.6 is 0 Å². The van der Waals surface area contributed by atoms with Crippen molar-refractivity contribution in [2.75, 3.05) is 0 Å². The Bertz CT molecular complexity index is 587. The van der Waals surface area contributed by atoms with Crippen LogP contribution in [0.25, 0.3) is 0 Å². The first kappa shape index (κ1) is 14.1. The highest BCUT2D eigenvalue weighted by Crippen LogP contribution is 2.23. The SMILES string of the molecule is CC(C)n1ccc(COc2ccccc2CNC2CC2)n1. The fourth-order valence-electron chi connectivity index (χ4n) is 2.23. The number of hydrogen-bond acceptors (Lipinski definition) is 3. The van der Waals surface area contributed by atoms with Crippen molar-refractivity contribution in [3.63, 3.8) is 0 Å². The predicted molar refractivity (Wildman–Crippen MR) is 83.2 cm³/mol. The molecule has 0 unspecified atom stereocenters. The quantitative estimate of drug-likeness (QED) is 0.848. The number of para-hydroxylation sites is 1. The fraction of sp³-hybridized carbons (Fsp3) is 0.471. The molecule has 1 fully saturated rings. The number of ether oxygens (including phenoxy) is 1. The third-order valence-electron chi connectivity index (χ3n) is 3.70. The normalized spacial score (nSPS) is 14.6. The molecule has 3 rings (SSSR count). The van der Waals surface area contributed by atoms with E-state index in [2.05, 4.69) is 36.4 Å².